The van der Waals surface area contributed by atoms with E-state index in [2.05, 4.69) is 5.32 Å². The van der Waals surface area contributed by atoms with Crippen molar-refractivity contribution < 1.29 is 9.59 Å². The molecule has 2 aromatic rings. The average Bonchev–Trinajstić information content (AvgIpc) is 2.74. The molecular formula is C13H10N2O2S. The quantitative estimate of drug-likeness (QED) is 0.799. The van der Waals surface area contributed by atoms with Crippen molar-refractivity contribution in [2.75, 3.05) is 10.2 Å². The number of fused-ring (bicyclic) bond motifs is 1. The van der Waals surface area contributed by atoms with E-state index in [1.54, 1.807) is 4.90 Å². The third-order valence-electron chi connectivity index (χ3n) is 2.70. The summed E-state index contributed by atoms with van der Waals surface area (Å²) < 4.78 is 0. The van der Waals surface area contributed by atoms with E-state index in [0.29, 0.717) is 5.69 Å². The van der Waals surface area contributed by atoms with Crippen LogP contribution in [0, 0.1) is 0 Å². The van der Waals surface area contributed by atoms with Crippen LogP contribution in [0.4, 0.5) is 16.4 Å². The van der Waals surface area contributed by atoms with Gasteiger partial charge in [-0.05, 0) is 23.6 Å². The summed E-state index contributed by atoms with van der Waals surface area (Å²) in [6, 6.07) is 11.2. The van der Waals surface area contributed by atoms with Crippen molar-refractivity contribution in [3.8, 4) is 0 Å². The van der Waals surface area contributed by atoms with E-state index < -0.39 is 0 Å². The highest BCUT2D eigenvalue weighted by Crippen LogP contribution is 2.39. The Balaban J connectivity index is 2.13. The number of hydrogen-bond acceptors (Lipinski definition) is 3. The van der Waals surface area contributed by atoms with Crippen LogP contribution in [-0.4, -0.2) is 11.8 Å². The summed E-state index contributed by atoms with van der Waals surface area (Å²) in [5, 5.41) is 5.36. The molecule has 1 N–H and O–H groups in total. The Morgan fingerprint density at radius 3 is 2.67 bits per heavy atom. The van der Waals surface area contributed by atoms with Crippen LogP contribution in [0.1, 0.15) is 6.42 Å². The highest BCUT2D eigenvalue weighted by Gasteiger charge is 2.28. The molecule has 0 radical (unpaired) electrons. The van der Waals surface area contributed by atoms with Gasteiger partial charge in [0.25, 0.3) is 0 Å². The molecule has 1 aliphatic heterocycles. The maximum absolute atomic E-state index is 12.2. The fourth-order valence-corrected chi connectivity index (χ4v) is 2.82. The zero-order valence-corrected chi connectivity index (χ0v) is 10.2. The van der Waals surface area contributed by atoms with Crippen molar-refractivity contribution in [3.63, 3.8) is 0 Å². The van der Waals surface area contributed by atoms with Crippen molar-refractivity contribution in [1.82, 2.24) is 0 Å². The number of para-hydroxylation sites is 1. The Morgan fingerprint density at radius 2 is 1.89 bits per heavy atom. The van der Waals surface area contributed by atoms with E-state index in [0.717, 1.165) is 10.7 Å². The molecule has 90 valence electrons. The van der Waals surface area contributed by atoms with Crippen LogP contribution in [0.5, 0.6) is 0 Å². The third kappa shape index (κ3) is 1.78. The monoisotopic (exact) mass is 258 g/mol. The Hall–Kier alpha value is -2.14. The lowest BCUT2D eigenvalue weighted by atomic mass is 10.2. The van der Waals surface area contributed by atoms with Crippen LogP contribution >= 0.6 is 11.3 Å². The molecule has 1 aliphatic rings. The fraction of sp³-hybridized carbons (Fsp3) is 0.0769. The van der Waals surface area contributed by atoms with Gasteiger partial charge in [-0.1, -0.05) is 18.2 Å². The number of anilines is 3. The van der Waals surface area contributed by atoms with E-state index in [-0.39, 0.29) is 18.2 Å². The molecule has 0 saturated carbocycles. The smallest absolute Gasteiger partial charge is 0.241 e. The minimum atomic E-state index is -0.266. The standard InChI is InChI=1S/C13H10N2O2S/c16-11-8-12(17)15(9-4-2-1-3-5-9)13-10(14-11)6-7-18-13/h1-7H,8H2,(H,14,16). The second-order valence-electron chi connectivity index (χ2n) is 3.93. The van der Waals surface area contributed by atoms with Gasteiger partial charge in [-0.25, -0.2) is 0 Å². The van der Waals surface area contributed by atoms with Crippen molar-refractivity contribution in [2.45, 2.75) is 6.42 Å². The van der Waals surface area contributed by atoms with E-state index in [1.165, 1.54) is 11.3 Å². The van der Waals surface area contributed by atoms with E-state index >= 15 is 0 Å². The number of thiophene rings is 1. The van der Waals surface area contributed by atoms with Gasteiger partial charge in [0.2, 0.25) is 11.8 Å². The summed E-state index contributed by atoms with van der Waals surface area (Å²) in [4.78, 5) is 25.3. The molecule has 1 aromatic carbocycles. The summed E-state index contributed by atoms with van der Waals surface area (Å²) in [5.41, 5.74) is 1.47. The van der Waals surface area contributed by atoms with Gasteiger partial charge < -0.3 is 5.32 Å². The largest absolute Gasteiger partial charge is 0.323 e. The first kappa shape index (κ1) is 11.0. The third-order valence-corrected chi connectivity index (χ3v) is 3.60. The molecule has 0 spiro atoms. The van der Waals surface area contributed by atoms with Gasteiger partial charge in [0.1, 0.15) is 11.4 Å². The number of carbonyl (C=O) groups excluding carboxylic acids is 2. The number of nitrogens with one attached hydrogen (secondary N) is 1. The number of nitrogens with zero attached hydrogens (tertiary/aromatic N) is 1. The molecule has 2 heterocycles. The van der Waals surface area contributed by atoms with Crippen molar-refractivity contribution in [2.24, 2.45) is 0 Å². The lowest BCUT2D eigenvalue weighted by molar-refractivity contribution is -0.124. The first-order chi connectivity index (χ1) is 8.75. The molecule has 0 unspecified atom stereocenters. The molecule has 4 nitrogen and oxygen atoms in total. The van der Waals surface area contributed by atoms with E-state index in [1.807, 2.05) is 41.8 Å². The number of benzene rings is 1. The normalized spacial score (nSPS) is 15.0. The topological polar surface area (TPSA) is 49.4 Å². The maximum atomic E-state index is 12.2. The summed E-state index contributed by atoms with van der Waals surface area (Å²) in [7, 11) is 0. The minimum absolute atomic E-state index is 0.129. The van der Waals surface area contributed by atoms with Crippen molar-refractivity contribution >= 4 is 39.5 Å². The molecule has 0 atom stereocenters. The Bertz CT molecular complexity index is 606. The first-order valence-corrected chi connectivity index (χ1v) is 6.39. The molecule has 0 fully saturated rings. The predicted octanol–water partition coefficient (Wildman–Crippen LogP) is 2.76. The van der Waals surface area contributed by atoms with Gasteiger partial charge in [0, 0.05) is 5.69 Å². The lowest BCUT2D eigenvalue weighted by Gasteiger charge is -2.19. The maximum Gasteiger partial charge on any atom is 0.241 e. The highest BCUT2D eigenvalue weighted by molar-refractivity contribution is 7.15. The van der Waals surface area contributed by atoms with Crippen molar-refractivity contribution in [3.05, 3.63) is 41.8 Å². The highest BCUT2D eigenvalue weighted by atomic mass is 32.1. The van der Waals surface area contributed by atoms with Crippen LogP contribution in [0.15, 0.2) is 41.8 Å². The Labute approximate surface area is 108 Å². The van der Waals surface area contributed by atoms with Crippen LogP contribution in [0.3, 0.4) is 0 Å². The van der Waals surface area contributed by atoms with Gasteiger partial charge in [0.05, 0.1) is 5.69 Å². The number of carbonyl (C=O) groups is 2. The van der Waals surface area contributed by atoms with E-state index in [4.69, 9.17) is 0 Å². The second-order valence-corrected chi connectivity index (χ2v) is 4.82. The van der Waals surface area contributed by atoms with Crippen molar-refractivity contribution in [1.29, 1.82) is 0 Å². The predicted molar refractivity (Wildman–Crippen MR) is 71.2 cm³/mol. The molecule has 0 saturated heterocycles. The molecule has 0 bridgehead atoms. The zero-order valence-electron chi connectivity index (χ0n) is 9.42. The van der Waals surface area contributed by atoms with E-state index in [9.17, 15) is 9.59 Å². The van der Waals surface area contributed by atoms with Crippen LogP contribution in [0.2, 0.25) is 0 Å². The summed E-state index contributed by atoms with van der Waals surface area (Å²) >= 11 is 1.44. The lowest BCUT2D eigenvalue weighted by Crippen LogP contribution is -2.25. The minimum Gasteiger partial charge on any atom is -0.323 e. The molecule has 0 aliphatic carbocycles. The fourth-order valence-electron chi connectivity index (χ4n) is 1.93. The van der Waals surface area contributed by atoms with Crippen LogP contribution in [0.25, 0.3) is 0 Å². The molecule has 2 amide bonds. The van der Waals surface area contributed by atoms with Crippen LogP contribution < -0.4 is 10.2 Å². The molecule has 18 heavy (non-hydrogen) atoms. The van der Waals surface area contributed by atoms with Crippen LogP contribution in [-0.2, 0) is 9.59 Å². The summed E-state index contributed by atoms with van der Waals surface area (Å²) in [5.74, 6) is -0.474. The van der Waals surface area contributed by atoms with Gasteiger partial charge in [0.15, 0.2) is 0 Å². The Kier molecular flexibility index (Phi) is 2.60. The van der Waals surface area contributed by atoms with Gasteiger partial charge >= 0.3 is 0 Å². The van der Waals surface area contributed by atoms with Gasteiger partial charge in [-0.2, -0.15) is 0 Å². The average molecular weight is 258 g/mol. The molecular weight excluding hydrogens is 248 g/mol. The van der Waals surface area contributed by atoms with Gasteiger partial charge in [-0.15, -0.1) is 11.3 Å². The summed E-state index contributed by atoms with van der Waals surface area (Å²) in [6.45, 7) is 0. The number of amides is 2. The molecule has 5 heteroatoms. The SMILES string of the molecule is O=C1CC(=O)N(c2ccccc2)c2sccc2N1. The first-order valence-electron chi connectivity index (χ1n) is 5.51. The zero-order chi connectivity index (χ0) is 12.5. The number of rotatable bonds is 1. The van der Waals surface area contributed by atoms with Gasteiger partial charge in [-0.3, -0.25) is 14.5 Å². The number of hydrogen-bond donors (Lipinski definition) is 1. The Morgan fingerprint density at radius 1 is 1.11 bits per heavy atom. The molecule has 1 aromatic heterocycles. The second kappa shape index (κ2) is 4.27. The summed E-state index contributed by atoms with van der Waals surface area (Å²) in [6.07, 6.45) is -0.129. The molecule has 3 rings (SSSR count).